The molecule has 0 unspecified atom stereocenters. The molecule has 1 N–H and O–H groups in total. The van der Waals surface area contributed by atoms with E-state index in [1.165, 1.54) is 5.57 Å². The Morgan fingerprint density at radius 1 is 1.07 bits per heavy atom. The number of aliphatic hydroxyl groups is 1. The second-order valence-corrected chi connectivity index (χ2v) is 10.2. The number of halogens is 3. The molecule has 0 bridgehead atoms. The summed E-state index contributed by atoms with van der Waals surface area (Å²) in [6, 6.07) is 2.22. The summed E-state index contributed by atoms with van der Waals surface area (Å²) in [4.78, 5) is 0. The number of rotatable bonds is 0. The fraction of sp³-hybridized carbons (Fsp3) is 0.864. The summed E-state index contributed by atoms with van der Waals surface area (Å²) >= 11 is 0. The molecule has 4 aliphatic rings. The highest BCUT2D eigenvalue weighted by atomic mass is 19.4. The molecule has 27 heavy (non-hydrogen) atoms. The highest BCUT2D eigenvalue weighted by Gasteiger charge is 2.64. The molecule has 0 amide bonds. The molecule has 0 heterocycles. The first-order chi connectivity index (χ1) is 12.6. The number of hydrogen-bond donors (Lipinski definition) is 1. The molecule has 0 aromatic heterocycles. The summed E-state index contributed by atoms with van der Waals surface area (Å²) in [5, 5.41) is 19.4. The molecule has 4 fully saturated rings. The van der Waals surface area contributed by atoms with Crippen LogP contribution in [0.5, 0.6) is 0 Å². The lowest BCUT2D eigenvalue weighted by Gasteiger charge is -2.61. The molecule has 0 aromatic carbocycles. The van der Waals surface area contributed by atoms with Crippen LogP contribution in [0.15, 0.2) is 11.6 Å². The minimum Gasteiger partial charge on any atom is -0.380 e. The van der Waals surface area contributed by atoms with Crippen molar-refractivity contribution < 1.29 is 18.3 Å². The van der Waals surface area contributed by atoms with Crippen molar-refractivity contribution >= 4 is 0 Å². The van der Waals surface area contributed by atoms with Gasteiger partial charge in [-0.25, -0.2) is 0 Å². The maximum absolute atomic E-state index is 13.4. The van der Waals surface area contributed by atoms with Crippen LogP contribution in [-0.2, 0) is 0 Å². The van der Waals surface area contributed by atoms with Crippen LogP contribution in [0, 0.1) is 45.8 Å². The van der Waals surface area contributed by atoms with Gasteiger partial charge in [0, 0.05) is 6.08 Å². The smallest absolute Gasteiger partial charge is 0.380 e. The summed E-state index contributed by atoms with van der Waals surface area (Å²) in [5.41, 5.74) is -1.20. The van der Waals surface area contributed by atoms with E-state index in [9.17, 15) is 18.3 Å². The second-order valence-electron chi connectivity index (χ2n) is 10.2. The van der Waals surface area contributed by atoms with Gasteiger partial charge in [-0.1, -0.05) is 19.4 Å². The summed E-state index contributed by atoms with van der Waals surface area (Å²) < 4.78 is 40.2. The monoisotopic (exact) mass is 381 g/mol. The summed E-state index contributed by atoms with van der Waals surface area (Å²) in [6.45, 7) is 4.51. The van der Waals surface area contributed by atoms with Gasteiger partial charge in [-0.2, -0.15) is 18.4 Å². The van der Waals surface area contributed by atoms with Gasteiger partial charge in [0.05, 0.1) is 6.07 Å². The molecule has 2 nitrogen and oxygen atoms in total. The highest BCUT2D eigenvalue weighted by molar-refractivity contribution is 5.28. The van der Waals surface area contributed by atoms with Gasteiger partial charge in [0.25, 0.3) is 0 Å². The van der Waals surface area contributed by atoms with Crippen molar-refractivity contribution in [1.82, 2.24) is 0 Å². The summed E-state index contributed by atoms with van der Waals surface area (Å²) in [6.07, 6.45) is 3.35. The average Bonchev–Trinajstić information content (AvgIpc) is 2.92. The molecule has 0 aliphatic heterocycles. The Hall–Kier alpha value is -1.02. The Kier molecular flexibility index (Phi) is 4.28. The van der Waals surface area contributed by atoms with Crippen molar-refractivity contribution in [3.8, 4) is 6.07 Å². The molecular formula is C22H30F3NO. The van der Waals surface area contributed by atoms with E-state index in [1.807, 2.05) is 0 Å². The number of nitrogens with zero attached hydrogens (tertiary/aromatic N) is 1. The van der Waals surface area contributed by atoms with Crippen LogP contribution >= 0.6 is 0 Å². The lowest BCUT2D eigenvalue weighted by molar-refractivity contribution is -0.289. The van der Waals surface area contributed by atoms with Gasteiger partial charge in [0.1, 0.15) is 0 Å². The van der Waals surface area contributed by atoms with Gasteiger partial charge in [0.2, 0.25) is 0 Å². The van der Waals surface area contributed by atoms with Crippen LogP contribution in [-0.4, -0.2) is 16.9 Å². The average molecular weight is 381 g/mol. The van der Waals surface area contributed by atoms with Gasteiger partial charge in [-0.15, -0.1) is 0 Å². The first kappa shape index (κ1) is 19.3. The normalized spacial score (nSPS) is 51.2. The fourth-order valence-corrected chi connectivity index (χ4v) is 7.67. The number of nitriles is 1. The summed E-state index contributed by atoms with van der Waals surface area (Å²) in [7, 11) is 0. The number of alkyl halides is 3. The SMILES string of the molecule is C[C@]12CC[C@](O)(C(F)(F)F)C[C@H]1CC[C@@H]1[C@@H]2CC[C@]2(C)/C(=C\C#N)CC[C@@H]12. The first-order valence-electron chi connectivity index (χ1n) is 10.4. The molecule has 0 aromatic rings. The molecule has 4 rings (SSSR count). The van der Waals surface area contributed by atoms with E-state index in [1.54, 1.807) is 6.08 Å². The van der Waals surface area contributed by atoms with Gasteiger partial charge < -0.3 is 5.11 Å². The van der Waals surface area contributed by atoms with Crippen LogP contribution in [0.3, 0.4) is 0 Å². The number of hydrogen-bond acceptors (Lipinski definition) is 2. The van der Waals surface area contributed by atoms with E-state index in [0.717, 1.165) is 38.5 Å². The van der Waals surface area contributed by atoms with E-state index in [2.05, 4.69) is 19.9 Å². The van der Waals surface area contributed by atoms with Crippen LogP contribution in [0.25, 0.3) is 0 Å². The molecule has 0 radical (unpaired) electrons. The minimum atomic E-state index is -4.53. The molecule has 7 atom stereocenters. The van der Waals surface area contributed by atoms with Crippen molar-refractivity contribution in [1.29, 1.82) is 5.26 Å². The molecule has 150 valence electrons. The first-order valence-corrected chi connectivity index (χ1v) is 10.4. The van der Waals surface area contributed by atoms with Crippen LogP contribution in [0.1, 0.15) is 71.6 Å². The standard InChI is InChI=1S/C22H30F3NO/c1-19-9-7-18-16(17(19)6-4-14(19)8-12-26)5-3-15-13-21(27,22(23,24)25)11-10-20(15,18)2/h8,15-18,27H,3-7,9-11,13H2,1-2H3/b14-8-/t15-,16+,17+,18+,19-,20+,21-/m1/s1. The zero-order valence-corrected chi connectivity index (χ0v) is 16.3. The predicted octanol–water partition coefficient (Wildman–Crippen LogP) is 5.77. The Labute approximate surface area is 159 Å². The Morgan fingerprint density at radius 3 is 2.48 bits per heavy atom. The van der Waals surface area contributed by atoms with Crippen LogP contribution in [0.4, 0.5) is 13.2 Å². The maximum atomic E-state index is 13.4. The number of fused-ring (bicyclic) bond motifs is 5. The Morgan fingerprint density at radius 2 is 1.81 bits per heavy atom. The lowest BCUT2D eigenvalue weighted by atomic mass is 9.44. The molecule has 4 saturated carbocycles. The predicted molar refractivity (Wildman–Crippen MR) is 96.4 cm³/mol. The van der Waals surface area contributed by atoms with E-state index in [-0.39, 0.29) is 29.6 Å². The topological polar surface area (TPSA) is 44.0 Å². The fourth-order valence-electron chi connectivity index (χ4n) is 7.67. The van der Waals surface area contributed by atoms with Crippen molar-refractivity contribution in [2.24, 2.45) is 34.5 Å². The van der Waals surface area contributed by atoms with E-state index >= 15 is 0 Å². The maximum Gasteiger partial charge on any atom is 0.417 e. The molecule has 4 aliphatic carbocycles. The van der Waals surface area contributed by atoms with Crippen LogP contribution in [0.2, 0.25) is 0 Å². The molecule has 5 heteroatoms. The van der Waals surface area contributed by atoms with Gasteiger partial charge in [-0.05, 0) is 92.3 Å². The Balaban J connectivity index is 1.60. The highest BCUT2D eigenvalue weighted by Crippen LogP contribution is 2.68. The van der Waals surface area contributed by atoms with Gasteiger partial charge in [0.15, 0.2) is 5.60 Å². The van der Waals surface area contributed by atoms with Crippen molar-refractivity contribution in [2.75, 3.05) is 0 Å². The van der Waals surface area contributed by atoms with Crippen molar-refractivity contribution in [3.05, 3.63) is 11.6 Å². The minimum absolute atomic E-state index is 0.0426. The molecular weight excluding hydrogens is 351 g/mol. The van der Waals surface area contributed by atoms with Crippen LogP contribution < -0.4 is 0 Å². The molecule has 0 spiro atoms. The van der Waals surface area contributed by atoms with E-state index in [4.69, 9.17) is 5.26 Å². The zero-order chi connectivity index (χ0) is 19.7. The largest absolute Gasteiger partial charge is 0.417 e. The quantitative estimate of drug-likeness (QED) is 0.541. The van der Waals surface area contributed by atoms with Crippen molar-refractivity contribution in [2.45, 2.75) is 83.4 Å². The van der Waals surface area contributed by atoms with E-state index in [0.29, 0.717) is 24.2 Å². The zero-order valence-electron chi connectivity index (χ0n) is 16.3. The third-order valence-corrected chi connectivity index (χ3v) is 9.34. The van der Waals surface area contributed by atoms with Gasteiger partial charge in [-0.3, -0.25) is 0 Å². The third-order valence-electron chi connectivity index (χ3n) is 9.34. The molecule has 0 saturated heterocycles. The number of allylic oxidation sites excluding steroid dienone is 2. The van der Waals surface area contributed by atoms with E-state index < -0.39 is 11.8 Å². The van der Waals surface area contributed by atoms with Crippen molar-refractivity contribution in [3.63, 3.8) is 0 Å². The lowest BCUT2D eigenvalue weighted by Crippen LogP contribution is -2.58. The summed E-state index contributed by atoms with van der Waals surface area (Å²) in [5.74, 6) is 1.51. The van der Waals surface area contributed by atoms with Gasteiger partial charge >= 0.3 is 6.18 Å². The Bertz CT molecular complexity index is 695. The third kappa shape index (κ3) is 2.62. The second kappa shape index (κ2) is 5.99.